The van der Waals surface area contributed by atoms with Crippen molar-refractivity contribution in [3.05, 3.63) is 71.2 Å². The number of benzene rings is 1. The van der Waals surface area contributed by atoms with Gasteiger partial charge in [0.1, 0.15) is 11.5 Å². The Hall–Kier alpha value is -2.75. The minimum atomic E-state index is -0.205. The highest BCUT2D eigenvalue weighted by atomic mass is 16.3. The summed E-state index contributed by atoms with van der Waals surface area (Å²) in [5, 5.41) is 10.9. The first-order valence-electron chi connectivity index (χ1n) is 9.15. The van der Waals surface area contributed by atoms with Crippen molar-refractivity contribution in [2.45, 2.75) is 52.4 Å². The van der Waals surface area contributed by atoms with E-state index in [-0.39, 0.29) is 10.8 Å². The van der Waals surface area contributed by atoms with E-state index in [1.54, 1.807) is 6.20 Å². The van der Waals surface area contributed by atoms with E-state index in [1.165, 1.54) is 0 Å². The van der Waals surface area contributed by atoms with Gasteiger partial charge in [0, 0.05) is 22.9 Å². The molecule has 1 aromatic carbocycles. The number of aromatic nitrogens is 1. The van der Waals surface area contributed by atoms with Gasteiger partial charge in [-0.25, -0.2) is 9.98 Å². The minimum absolute atomic E-state index is 0.205. The molecule has 1 aromatic heterocycles. The maximum absolute atomic E-state index is 10.9. The lowest BCUT2D eigenvalue weighted by atomic mass is 9.78. The van der Waals surface area contributed by atoms with Crippen molar-refractivity contribution in [3.8, 4) is 5.75 Å². The average molecular weight is 361 g/mol. The summed E-state index contributed by atoms with van der Waals surface area (Å²) < 4.78 is 0. The number of pyridine rings is 1. The third-order valence-electron chi connectivity index (χ3n) is 4.62. The second-order valence-electron chi connectivity index (χ2n) is 8.98. The molecule has 0 atom stereocenters. The molecule has 4 nitrogen and oxygen atoms in total. The number of hydrogen-bond acceptors (Lipinski definition) is 4. The van der Waals surface area contributed by atoms with Gasteiger partial charge in [-0.05, 0) is 35.1 Å². The molecule has 4 heteroatoms. The number of phenolic OH excluding ortho intramolecular Hbond substituents is 1. The number of phenols is 1. The first-order valence-corrected chi connectivity index (χ1v) is 9.15. The molecule has 1 aliphatic heterocycles. The van der Waals surface area contributed by atoms with Crippen molar-refractivity contribution in [3.63, 3.8) is 0 Å². The quantitative estimate of drug-likeness (QED) is 0.804. The summed E-state index contributed by atoms with van der Waals surface area (Å²) in [6, 6.07) is 9.67. The molecular weight excluding hydrogens is 334 g/mol. The summed E-state index contributed by atoms with van der Waals surface area (Å²) in [6.45, 7) is 16.6. The molecule has 3 rings (SSSR count). The monoisotopic (exact) mass is 361 g/mol. The Balaban J connectivity index is 2.16. The first-order chi connectivity index (χ1) is 12.5. The predicted octanol–water partition coefficient (Wildman–Crippen LogP) is 5.15. The van der Waals surface area contributed by atoms with Gasteiger partial charge in [0.05, 0.1) is 11.4 Å². The topological polar surface area (TPSA) is 57.8 Å². The second-order valence-corrected chi connectivity index (χ2v) is 8.98. The summed E-state index contributed by atoms with van der Waals surface area (Å²) in [6.07, 6.45) is 1.74. The Morgan fingerprint density at radius 2 is 1.48 bits per heavy atom. The van der Waals surface area contributed by atoms with Crippen molar-refractivity contribution in [1.29, 1.82) is 0 Å². The normalized spacial score (nSPS) is 15.0. The summed E-state index contributed by atoms with van der Waals surface area (Å²) in [4.78, 5) is 13.7. The summed E-state index contributed by atoms with van der Waals surface area (Å²) >= 11 is 0. The number of allylic oxidation sites excluding steroid dienone is 1. The lowest BCUT2D eigenvalue weighted by molar-refractivity contribution is 0.423. The number of aromatic hydroxyl groups is 1. The molecule has 0 amide bonds. The van der Waals surface area contributed by atoms with Crippen LogP contribution in [0.1, 0.15) is 63.9 Å². The smallest absolute Gasteiger partial charge is 0.160 e. The zero-order chi connectivity index (χ0) is 20.0. The Morgan fingerprint density at radius 3 is 1.96 bits per heavy atom. The molecule has 0 bridgehead atoms. The molecule has 0 unspecified atom stereocenters. The molecular formula is C23H27N3O. The Bertz CT molecular complexity index is 920. The zero-order valence-corrected chi connectivity index (χ0v) is 17.0. The van der Waals surface area contributed by atoms with Gasteiger partial charge in [0.25, 0.3) is 0 Å². The number of nitrogens with zero attached hydrogens (tertiary/aromatic N) is 3. The molecule has 1 aliphatic rings. The van der Waals surface area contributed by atoms with Crippen LogP contribution in [0.2, 0.25) is 0 Å². The lowest BCUT2D eigenvalue weighted by Gasteiger charge is -2.28. The van der Waals surface area contributed by atoms with Crippen molar-refractivity contribution in [2.24, 2.45) is 9.98 Å². The third-order valence-corrected chi connectivity index (χ3v) is 4.62. The first kappa shape index (κ1) is 19.0. The molecule has 1 N–H and O–H groups in total. The number of amidine groups is 1. The van der Waals surface area contributed by atoms with E-state index in [0.717, 1.165) is 22.4 Å². The number of hydrogen-bond donors (Lipinski definition) is 1. The van der Waals surface area contributed by atoms with Crippen LogP contribution in [0, 0.1) is 0 Å². The molecule has 2 aromatic rings. The van der Waals surface area contributed by atoms with Crippen LogP contribution in [-0.2, 0) is 10.8 Å². The Kier molecular flexibility index (Phi) is 4.54. The zero-order valence-electron chi connectivity index (χ0n) is 17.0. The standard InChI is InChI=1S/C23H27N3O/c1-14-19(18-10-8-9-11-24-18)26-21(25-14)15-12-16(22(2,3)4)20(27)17(13-15)23(5,6)7/h8-13,27H,1H2,2-7H3. The van der Waals surface area contributed by atoms with Gasteiger partial charge in [-0.1, -0.05) is 54.2 Å². The van der Waals surface area contributed by atoms with E-state index in [0.29, 0.717) is 23.0 Å². The highest BCUT2D eigenvalue weighted by molar-refractivity contribution is 6.23. The van der Waals surface area contributed by atoms with Crippen molar-refractivity contribution in [1.82, 2.24) is 4.98 Å². The number of aliphatic imine (C=N–C) groups is 2. The molecule has 0 aliphatic carbocycles. The highest BCUT2D eigenvalue weighted by Gasteiger charge is 2.28. The third kappa shape index (κ3) is 3.70. The van der Waals surface area contributed by atoms with Crippen LogP contribution in [0.4, 0.5) is 0 Å². The van der Waals surface area contributed by atoms with Gasteiger partial charge in [0.15, 0.2) is 5.84 Å². The van der Waals surface area contributed by atoms with E-state index < -0.39 is 0 Å². The highest BCUT2D eigenvalue weighted by Crippen LogP contribution is 2.40. The molecule has 0 saturated heterocycles. The average Bonchev–Trinajstić information content (AvgIpc) is 2.95. The molecule has 27 heavy (non-hydrogen) atoms. The number of rotatable bonds is 2. The maximum atomic E-state index is 10.9. The van der Waals surface area contributed by atoms with E-state index >= 15 is 0 Å². The van der Waals surface area contributed by atoms with E-state index in [4.69, 9.17) is 4.99 Å². The fourth-order valence-corrected chi connectivity index (χ4v) is 3.12. The Labute approximate surface area is 161 Å². The summed E-state index contributed by atoms with van der Waals surface area (Å²) in [7, 11) is 0. The largest absolute Gasteiger partial charge is 0.507 e. The Morgan fingerprint density at radius 1 is 0.889 bits per heavy atom. The van der Waals surface area contributed by atoms with Crippen LogP contribution in [0.15, 0.2) is 58.8 Å². The second kappa shape index (κ2) is 6.45. The maximum Gasteiger partial charge on any atom is 0.160 e. The van der Waals surface area contributed by atoms with Crippen molar-refractivity contribution in [2.75, 3.05) is 0 Å². The van der Waals surface area contributed by atoms with Crippen LogP contribution in [0.3, 0.4) is 0 Å². The van der Waals surface area contributed by atoms with Gasteiger partial charge in [-0.2, -0.15) is 0 Å². The van der Waals surface area contributed by atoms with Gasteiger partial charge < -0.3 is 5.11 Å². The molecule has 0 radical (unpaired) electrons. The summed E-state index contributed by atoms with van der Waals surface area (Å²) in [5.74, 6) is 0.960. The van der Waals surface area contributed by atoms with Crippen LogP contribution in [0.5, 0.6) is 5.75 Å². The molecule has 0 saturated carbocycles. The fraction of sp³-hybridized carbons (Fsp3) is 0.348. The van der Waals surface area contributed by atoms with E-state index in [9.17, 15) is 5.11 Å². The molecule has 0 spiro atoms. The van der Waals surface area contributed by atoms with Crippen LogP contribution in [-0.4, -0.2) is 21.6 Å². The van der Waals surface area contributed by atoms with E-state index in [2.05, 4.69) is 58.1 Å². The van der Waals surface area contributed by atoms with Crippen LogP contribution in [0.25, 0.3) is 0 Å². The van der Waals surface area contributed by atoms with Gasteiger partial charge in [-0.3, -0.25) is 4.98 Å². The van der Waals surface area contributed by atoms with Gasteiger partial charge >= 0.3 is 0 Å². The van der Waals surface area contributed by atoms with Gasteiger partial charge in [0.2, 0.25) is 0 Å². The van der Waals surface area contributed by atoms with Crippen molar-refractivity contribution < 1.29 is 5.11 Å². The molecule has 2 heterocycles. The van der Waals surface area contributed by atoms with Crippen molar-refractivity contribution >= 4 is 11.5 Å². The van der Waals surface area contributed by atoms with E-state index in [1.807, 2.05) is 30.3 Å². The molecule has 140 valence electrons. The van der Waals surface area contributed by atoms with Gasteiger partial charge in [-0.15, -0.1) is 0 Å². The minimum Gasteiger partial charge on any atom is -0.507 e. The molecule has 0 fully saturated rings. The fourth-order valence-electron chi connectivity index (χ4n) is 3.12. The van der Waals surface area contributed by atoms with Crippen LogP contribution >= 0.6 is 0 Å². The predicted molar refractivity (Wildman–Crippen MR) is 112 cm³/mol. The summed E-state index contributed by atoms with van der Waals surface area (Å²) in [5.41, 5.74) is 4.30. The lowest BCUT2D eigenvalue weighted by Crippen LogP contribution is -2.18. The van der Waals surface area contributed by atoms with Crippen LogP contribution < -0.4 is 0 Å². The SMILES string of the molecule is C=C1N=C(c2cc(C(C)(C)C)c(O)c(C(C)(C)C)c2)N=C1c1ccccn1.